The smallest absolute Gasteiger partial charge is 0.256 e. The molecule has 0 saturated heterocycles. The van der Waals surface area contributed by atoms with Gasteiger partial charge in [-0.2, -0.15) is 5.26 Å². The van der Waals surface area contributed by atoms with E-state index in [4.69, 9.17) is 4.74 Å². The number of benzene rings is 1. The summed E-state index contributed by atoms with van der Waals surface area (Å²) >= 11 is 0. The lowest BCUT2D eigenvalue weighted by Gasteiger charge is -2.16. The fourth-order valence-electron chi connectivity index (χ4n) is 3.61. The van der Waals surface area contributed by atoms with E-state index in [0.29, 0.717) is 41.9 Å². The quantitative estimate of drug-likeness (QED) is 0.769. The van der Waals surface area contributed by atoms with Crippen LogP contribution in [0.25, 0.3) is 11.1 Å². The fourth-order valence-corrected chi connectivity index (χ4v) is 3.61. The minimum Gasteiger partial charge on any atom is -0.492 e. The Morgan fingerprint density at radius 3 is 2.78 bits per heavy atom. The molecule has 0 fully saturated rings. The first-order valence-corrected chi connectivity index (χ1v) is 9.31. The van der Waals surface area contributed by atoms with E-state index in [1.165, 1.54) is 0 Å². The van der Waals surface area contributed by atoms with Crippen molar-refractivity contribution in [1.82, 2.24) is 9.88 Å². The van der Waals surface area contributed by atoms with Gasteiger partial charge in [-0.1, -0.05) is 26.8 Å². The van der Waals surface area contributed by atoms with Crippen molar-refractivity contribution in [1.29, 1.82) is 5.26 Å². The Hall–Kier alpha value is -2.87. The van der Waals surface area contributed by atoms with E-state index in [1.807, 2.05) is 18.2 Å². The Labute approximate surface area is 160 Å². The molecule has 1 aliphatic heterocycles. The predicted molar refractivity (Wildman–Crippen MR) is 104 cm³/mol. The van der Waals surface area contributed by atoms with Crippen LogP contribution in [0.4, 0.5) is 0 Å². The van der Waals surface area contributed by atoms with Gasteiger partial charge < -0.3 is 9.64 Å². The molecule has 140 valence electrons. The molecule has 2 aromatic rings. The first kappa shape index (κ1) is 18.9. The van der Waals surface area contributed by atoms with Crippen molar-refractivity contribution in [2.24, 2.45) is 11.8 Å². The molecule has 1 aromatic carbocycles. The number of nitrogens with zero attached hydrogens (tertiary/aromatic N) is 3. The molecule has 1 aliphatic rings. The van der Waals surface area contributed by atoms with Crippen LogP contribution in [0.1, 0.15) is 48.8 Å². The minimum atomic E-state index is -0.0329. The second kappa shape index (κ2) is 7.79. The highest BCUT2D eigenvalue weighted by Crippen LogP contribution is 2.33. The van der Waals surface area contributed by atoms with E-state index in [2.05, 4.69) is 31.8 Å². The molecule has 3 rings (SSSR count). The fraction of sp³-hybridized carbons (Fsp3) is 0.409. The van der Waals surface area contributed by atoms with Crippen molar-refractivity contribution in [3.63, 3.8) is 0 Å². The van der Waals surface area contributed by atoms with E-state index in [0.717, 1.165) is 23.2 Å². The minimum absolute atomic E-state index is 0.0329. The van der Waals surface area contributed by atoms with Gasteiger partial charge in [0, 0.05) is 13.2 Å². The van der Waals surface area contributed by atoms with Crippen molar-refractivity contribution in [2.75, 3.05) is 13.7 Å². The van der Waals surface area contributed by atoms with Crippen molar-refractivity contribution in [3.05, 3.63) is 47.3 Å². The summed E-state index contributed by atoms with van der Waals surface area (Å²) in [5.41, 5.74) is 3.53. The summed E-state index contributed by atoms with van der Waals surface area (Å²) in [5, 5.41) is 9.57. The predicted octanol–water partition coefficient (Wildman–Crippen LogP) is 4.27. The molecule has 0 radical (unpaired) electrons. The lowest BCUT2D eigenvalue weighted by Crippen LogP contribution is -2.17. The average Bonchev–Trinajstić information content (AvgIpc) is 2.93. The van der Waals surface area contributed by atoms with Gasteiger partial charge in [0.25, 0.3) is 5.91 Å². The maximum Gasteiger partial charge on any atom is 0.256 e. The van der Waals surface area contributed by atoms with Crippen LogP contribution in [0.15, 0.2) is 30.5 Å². The molecule has 2 heterocycles. The zero-order valence-electron chi connectivity index (χ0n) is 16.3. The number of rotatable bonds is 6. The standard InChI is InChI=1S/C22H25N3O2/c1-14(2)9-15(3)13-27-20-6-5-16(10-17(20)11-23)18-7-8-24-19-12-25(4)22(26)21(18)19/h5-8,10,14-15H,9,12-13H2,1-4H3/t15-/m1/s1. The molecule has 0 aliphatic carbocycles. The second-order valence-corrected chi connectivity index (χ2v) is 7.71. The number of ether oxygens (including phenoxy) is 1. The number of aromatic nitrogens is 1. The number of hydrogen-bond donors (Lipinski definition) is 0. The molecule has 5 nitrogen and oxygen atoms in total. The first-order chi connectivity index (χ1) is 12.9. The van der Waals surface area contributed by atoms with E-state index < -0.39 is 0 Å². The zero-order chi connectivity index (χ0) is 19.6. The van der Waals surface area contributed by atoms with Crippen molar-refractivity contribution in [3.8, 4) is 22.9 Å². The number of hydrogen-bond acceptors (Lipinski definition) is 4. The highest BCUT2D eigenvalue weighted by Gasteiger charge is 2.29. The monoisotopic (exact) mass is 363 g/mol. The van der Waals surface area contributed by atoms with Gasteiger partial charge in [-0.3, -0.25) is 9.78 Å². The Bertz CT molecular complexity index is 899. The summed E-state index contributed by atoms with van der Waals surface area (Å²) in [5.74, 6) is 1.60. The number of carbonyl (C=O) groups is 1. The Balaban J connectivity index is 1.87. The van der Waals surface area contributed by atoms with Crippen LogP contribution in [0, 0.1) is 23.2 Å². The third-order valence-corrected chi connectivity index (χ3v) is 4.79. The van der Waals surface area contributed by atoms with Crippen LogP contribution in [0.2, 0.25) is 0 Å². The van der Waals surface area contributed by atoms with Crippen molar-refractivity contribution in [2.45, 2.75) is 33.7 Å². The topological polar surface area (TPSA) is 66.2 Å². The van der Waals surface area contributed by atoms with Gasteiger partial charge >= 0.3 is 0 Å². The van der Waals surface area contributed by atoms with E-state index >= 15 is 0 Å². The number of pyridine rings is 1. The molecular formula is C22H25N3O2. The summed E-state index contributed by atoms with van der Waals surface area (Å²) < 4.78 is 5.90. The highest BCUT2D eigenvalue weighted by atomic mass is 16.5. The molecule has 5 heteroatoms. The molecule has 0 saturated carbocycles. The molecule has 27 heavy (non-hydrogen) atoms. The first-order valence-electron chi connectivity index (χ1n) is 9.31. The molecule has 0 spiro atoms. The molecule has 1 atom stereocenters. The van der Waals surface area contributed by atoms with Crippen LogP contribution in [-0.2, 0) is 6.54 Å². The lowest BCUT2D eigenvalue weighted by molar-refractivity contribution is 0.0817. The van der Waals surface area contributed by atoms with E-state index in [1.54, 1.807) is 24.2 Å². The number of amides is 1. The number of carbonyl (C=O) groups excluding carboxylic acids is 1. The van der Waals surface area contributed by atoms with Crippen molar-refractivity contribution >= 4 is 5.91 Å². The van der Waals surface area contributed by atoms with Crippen LogP contribution in [0.3, 0.4) is 0 Å². The summed E-state index contributed by atoms with van der Waals surface area (Å²) in [6.07, 6.45) is 2.80. The molecule has 0 unspecified atom stereocenters. The highest BCUT2D eigenvalue weighted by molar-refractivity contribution is 6.03. The molecule has 0 bridgehead atoms. The third kappa shape index (κ3) is 3.95. The van der Waals surface area contributed by atoms with Gasteiger partial charge in [-0.05, 0) is 47.6 Å². The molecule has 1 amide bonds. The Morgan fingerprint density at radius 1 is 1.30 bits per heavy atom. The van der Waals surface area contributed by atoms with E-state index in [9.17, 15) is 10.1 Å². The van der Waals surface area contributed by atoms with Gasteiger partial charge in [-0.25, -0.2) is 0 Å². The van der Waals surface area contributed by atoms with Gasteiger partial charge in [0.15, 0.2) is 0 Å². The van der Waals surface area contributed by atoms with Gasteiger partial charge in [0.2, 0.25) is 0 Å². The summed E-state index contributed by atoms with van der Waals surface area (Å²) in [6.45, 7) is 7.64. The molecule has 0 N–H and O–H groups in total. The second-order valence-electron chi connectivity index (χ2n) is 7.71. The van der Waals surface area contributed by atoms with Crippen LogP contribution >= 0.6 is 0 Å². The Morgan fingerprint density at radius 2 is 2.07 bits per heavy atom. The maximum absolute atomic E-state index is 12.5. The van der Waals surface area contributed by atoms with Gasteiger partial charge in [0.1, 0.15) is 11.8 Å². The Kier molecular flexibility index (Phi) is 5.46. The van der Waals surface area contributed by atoms with Crippen LogP contribution < -0.4 is 4.74 Å². The zero-order valence-corrected chi connectivity index (χ0v) is 16.3. The number of nitriles is 1. The average molecular weight is 363 g/mol. The van der Waals surface area contributed by atoms with Crippen LogP contribution in [0.5, 0.6) is 5.75 Å². The SMILES string of the molecule is CC(C)C[C@@H](C)COc1ccc(-c2ccnc3c2C(=O)N(C)C3)cc1C#N. The van der Waals surface area contributed by atoms with Gasteiger partial charge in [0.05, 0.1) is 30.0 Å². The summed E-state index contributed by atoms with van der Waals surface area (Å²) in [7, 11) is 1.77. The number of fused-ring (bicyclic) bond motifs is 1. The normalized spacial score (nSPS) is 14.2. The van der Waals surface area contributed by atoms with Crippen LogP contribution in [-0.4, -0.2) is 29.4 Å². The third-order valence-electron chi connectivity index (χ3n) is 4.79. The van der Waals surface area contributed by atoms with Gasteiger partial charge in [-0.15, -0.1) is 0 Å². The van der Waals surface area contributed by atoms with Crippen molar-refractivity contribution < 1.29 is 9.53 Å². The summed E-state index contributed by atoms with van der Waals surface area (Å²) in [6, 6.07) is 9.58. The molecule has 1 aromatic heterocycles. The van der Waals surface area contributed by atoms with E-state index in [-0.39, 0.29) is 5.91 Å². The molecular weight excluding hydrogens is 338 g/mol. The maximum atomic E-state index is 12.5. The summed E-state index contributed by atoms with van der Waals surface area (Å²) in [4.78, 5) is 18.5. The largest absolute Gasteiger partial charge is 0.492 e. The lowest BCUT2D eigenvalue weighted by atomic mass is 9.98.